The van der Waals surface area contributed by atoms with Crippen LogP contribution in [0.25, 0.3) is 0 Å². The number of hydrogen-bond donors (Lipinski definition) is 2. The van der Waals surface area contributed by atoms with Gasteiger partial charge in [0.05, 0.1) is 0 Å². The molecule has 2 amide bonds. The van der Waals surface area contributed by atoms with Crippen molar-refractivity contribution in [2.24, 2.45) is 11.3 Å². The van der Waals surface area contributed by atoms with Crippen molar-refractivity contribution in [1.29, 1.82) is 0 Å². The molecule has 0 saturated carbocycles. The van der Waals surface area contributed by atoms with Crippen LogP contribution in [0.2, 0.25) is 0 Å². The predicted octanol–water partition coefficient (Wildman–Crippen LogP) is 1.52. The molecule has 1 rings (SSSR count). The lowest BCUT2D eigenvalue weighted by Crippen LogP contribution is -2.62. The summed E-state index contributed by atoms with van der Waals surface area (Å²) in [5.74, 6) is -0.334. The summed E-state index contributed by atoms with van der Waals surface area (Å²) in [6.45, 7) is 5.85. The van der Waals surface area contributed by atoms with Crippen LogP contribution in [-0.2, 0) is 9.59 Å². The number of carbonyl (C=O) groups excluding carboxylic acids is 2. The number of nitrogens with one attached hydrogen (secondary N) is 2. The molecule has 1 fully saturated rings. The van der Waals surface area contributed by atoms with E-state index in [1.807, 2.05) is 32.9 Å². The summed E-state index contributed by atoms with van der Waals surface area (Å²) in [5, 5.41) is 5.18. The highest BCUT2D eigenvalue weighted by Gasteiger charge is 2.48. The minimum Gasteiger partial charge on any atom is -0.302 e. The van der Waals surface area contributed by atoms with Gasteiger partial charge in [-0.1, -0.05) is 26.0 Å². The fraction of sp³-hybridized carbons (Fsp3) is 0.583. The van der Waals surface area contributed by atoms with Crippen molar-refractivity contribution in [3.05, 3.63) is 12.2 Å². The minimum atomic E-state index is -1.02. The zero-order valence-corrected chi connectivity index (χ0v) is 11.2. The van der Waals surface area contributed by atoms with E-state index in [-0.39, 0.29) is 22.8 Å². The summed E-state index contributed by atoms with van der Waals surface area (Å²) >= 11 is 4.81. The molecule has 5 heteroatoms. The molecule has 0 atom stereocenters. The van der Waals surface area contributed by atoms with Gasteiger partial charge in [0.15, 0.2) is 5.11 Å². The molecule has 4 nitrogen and oxygen atoms in total. The van der Waals surface area contributed by atoms with Crippen molar-refractivity contribution >= 4 is 29.1 Å². The van der Waals surface area contributed by atoms with Crippen molar-refractivity contribution in [2.45, 2.75) is 33.6 Å². The third-order valence-corrected chi connectivity index (χ3v) is 2.99. The van der Waals surface area contributed by atoms with Gasteiger partial charge in [-0.05, 0) is 37.9 Å². The van der Waals surface area contributed by atoms with Crippen LogP contribution in [-0.4, -0.2) is 16.9 Å². The number of thiocarbonyl (C=S) groups is 1. The topological polar surface area (TPSA) is 58.2 Å². The van der Waals surface area contributed by atoms with Gasteiger partial charge in [0, 0.05) is 0 Å². The van der Waals surface area contributed by atoms with Crippen molar-refractivity contribution in [3.63, 3.8) is 0 Å². The second kappa shape index (κ2) is 5.40. The van der Waals surface area contributed by atoms with E-state index >= 15 is 0 Å². The fourth-order valence-electron chi connectivity index (χ4n) is 2.05. The molecule has 1 heterocycles. The quantitative estimate of drug-likeness (QED) is 0.454. The lowest BCUT2D eigenvalue weighted by Gasteiger charge is -2.35. The normalized spacial score (nSPS) is 19.6. The Kier molecular flexibility index (Phi) is 4.40. The van der Waals surface area contributed by atoms with E-state index in [0.717, 1.165) is 0 Å². The summed E-state index contributed by atoms with van der Waals surface area (Å²) < 4.78 is 0. The van der Waals surface area contributed by atoms with Crippen LogP contribution in [0.3, 0.4) is 0 Å². The SMILES string of the molecule is C/C=C/CC1(CC(C)C)C(=O)NC(=S)NC1=O. The van der Waals surface area contributed by atoms with Gasteiger partial charge >= 0.3 is 0 Å². The average molecular weight is 254 g/mol. The molecule has 1 saturated heterocycles. The van der Waals surface area contributed by atoms with Crippen molar-refractivity contribution in [3.8, 4) is 0 Å². The second-order valence-corrected chi connectivity index (χ2v) is 5.10. The second-order valence-electron chi connectivity index (χ2n) is 4.69. The van der Waals surface area contributed by atoms with Crippen LogP contribution in [0.15, 0.2) is 12.2 Å². The number of rotatable bonds is 4. The van der Waals surface area contributed by atoms with Gasteiger partial charge in [0.2, 0.25) is 11.8 Å². The van der Waals surface area contributed by atoms with Gasteiger partial charge in [0.25, 0.3) is 0 Å². The molecule has 1 aliphatic rings. The van der Waals surface area contributed by atoms with Gasteiger partial charge in [-0.2, -0.15) is 0 Å². The Morgan fingerprint density at radius 3 is 2.24 bits per heavy atom. The largest absolute Gasteiger partial charge is 0.302 e. The van der Waals surface area contributed by atoms with Crippen LogP contribution < -0.4 is 10.6 Å². The average Bonchev–Trinajstić information content (AvgIpc) is 2.21. The summed E-state index contributed by atoms with van der Waals surface area (Å²) in [5.41, 5.74) is -1.02. The Hall–Kier alpha value is -1.23. The van der Waals surface area contributed by atoms with Crippen molar-refractivity contribution < 1.29 is 9.59 Å². The van der Waals surface area contributed by atoms with E-state index in [1.165, 1.54) is 0 Å². The van der Waals surface area contributed by atoms with Crippen LogP contribution in [0.4, 0.5) is 0 Å². The highest BCUT2D eigenvalue weighted by atomic mass is 32.1. The number of hydrogen-bond acceptors (Lipinski definition) is 3. The monoisotopic (exact) mass is 254 g/mol. The summed E-state index contributed by atoms with van der Waals surface area (Å²) in [6.07, 6.45) is 4.60. The van der Waals surface area contributed by atoms with E-state index < -0.39 is 5.41 Å². The van der Waals surface area contributed by atoms with E-state index in [4.69, 9.17) is 12.2 Å². The Labute approximate surface area is 107 Å². The smallest absolute Gasteiger partial charge is 0.242 e. The Balaban J connectivity index is 3.05. The van der Waals surface area contributed by atoms with E-state index in [9.17, 15) is 9.59 Å². The van der Waals surface area contributed by atoms with E-state index in [1.54, 1.807) is 0 Å². The van der Waals surface area contributed by atoms with Crippen molar-refractivity contribution in [2.75, 3.05) is 0 Å². The van der Waals surface area contributed by atoms with E-state index in [2.05, 4.69) is 10.6 Å². The maximum absolute atomic E-state index is 12.1. The first-order chi connectivity index (χ1) is 7.92. The van der Waals surface area contributed by atoms with Gasteiger partial charge < -0.3 is 10.6 Å². The third kappa shape index (κ3) is 2.91. The van der Waals surface area contributed by atoms with Crippen molar-refractivity contribution in [1.82, 2.24) is 10.6 Å². The van der Waals surface area contributed by atoms with Gasteiger partial charge in [-0.3, -0.25) is 9.59 Å². The molecule has 0 radical (unpaired) electrons. The molecule has 0 unspecified atom stereocenters. The lowest BCUT2D eigenvalue weighted by atomic mass is 9.74. The maximum Gasteiger partial charge on any atom is 0.242 e. The predicted molar refractivity (Wildman–Crippen MR) is 70.2 cm³/mol. The molecule has 0 aromatic heterocycles. The first-order valence-electron chi connectivity index (χ1n) is 5.70. The molecular weight excluding hydrogens is 236 g/mol. The Morgan fingerprint density at radius 2 is 1.82 bits per heavy atom. The number of allylic oxidation sites excluding steroid dienone is 2. The minimum absolute atomic E-state index is 0.0971. The molecule has 2 N–H and O–H groups in total. The zero-order valence-electron chi connectivity index (χ0n) is 10.4. The highest BCUT2D eigenvalue weighted by molar-refractivity contribution is 7.80. The Bertz CT molecular complexity index is 355. The molecule has 0 bridgehead atoms. The molecule has 0 aromatic rings. The summed E-state index contributed by atoms with van der Waals surface area (Å²) in [4.78, 5) is 24.2. The van der Waals surface area contributed by atoms with Crippen LogP contribution in [0.5, 0.6) is 0 Å². The Morgan fingerprint density at radius 1 is 1.29 bits per heavy atom. The standard InChI is InChI=1S/C12H18N2O2S/c1-4-5-6-12(7-8(2)3)9(15)13-11(17)14-10(12)16/h4-5,8H,6-7H2,1-3H3,(H2,13,14,15,16,17)/b5-4+. The van der Waals surface area contributed by atoms with Gasteiger partial charge in [-0.25, -0.2) is 0 Å². The fourth-order valence-corrected chi connectivity index (χ4v) is 2.24. The molecule has 1 aliphatic heterocycles. The van der Waals surface area contributed by atoms with Gasteiger partial charge in [0.1, 0.15) is 5.41 Å². The molecule has 0 aliphatic carbocycles. The zero-order chi connectivity index (χ0) is 13.1. The highest BCUT2D eigenvalue weighted by Crippen LogP contribution is 2.33. The molecular formula is C12H18N2O2S. The third-order valence-electron chi connectivity index (χ3n) is 2.78. The molecule has 94 valence electrons. The molecule has 0 spiro atoms. The maximum atomic E-state index is 12.1. The lowest BCUT2D eigenvalue weighted by molar-refractivity contribution is -0.144. The van der Waals surface area contributed by atoms with E-state index in [0.29, 0.717) is 12.8 Å². The first kappa shape index (κ1) is 13.8. The summed E-state index contributed by atoms with van der Waals surface area (Å²) in [6, 6.07) is 0. The van der Waals surface area contributed by atoms with Crippen LogP contribution in [0.1, 0.15) is 33.6 Å². The number of amides is 2. The number of carbonyl (C=O) groups is 2. The first-order valence-corrected chi connectivity index (χ1v) is 6.11. The molecule has 17 heavy (non-hydrogen) atoms. The van der Waals surface area contributed by atoms with Crippen LogP contribution in [0, 0.1) is 11.3 Å². The summed E-state index contributed by atoms with van der Waals surface area (Å²) in [7, 11) is 0. The van der Waals surface area contributed by atoms with Gasteiger partial charge in [-0.15, -0.1) is 0 Å². The van der Waals surface area contributed by atoms with Crippen LogP contribution >= 0.6 is 12.2 Å². The molecule has 0 aromatic carbocycles.